The highest BCUT2D eigenvalue weighted by atomic mass is 32.2. The van der Waals surface area contributed by atoms with Crippen LogP contribution in [0.15, 0.2) is 33.6 Å². The van der Waals surface area contributed by atoms with E-state index in [-0.39, 0.29) is 4.90 Å². The van der Waals surface area contributed by atoms with Crippen LogP contribution in [0.2, 0.25) is 0 Å². The molecule has 0 unspecified atom stereocenters. The molecule has 2 rings (SSSR count). The van der Waals surface area contributed by atoms with Crippen molar-refractivity contribution in [3.63, 3.8) is 0 Å². The minimum absolute atomic E-state index is 0.245. The summed E-state index contributed by atoms with van der Waals surface area (Å²) in [7, 11) is -1.73. The van der Waals surface area contributed by atoms with Gasteiger partial charge in [-0.25, -0.2) is 0 Å². The fraction of sp³-hybridized carbons (Fsp3) is 0.417. The van der Waals surface area contributed by atoms with Crippen LogP contribution in [-0.2, 0) is 10.0 Å². The highest BCUT2D eigenvalue weighted by molar-refractivity contribution is 8.15. The molecule has 0 spiro atoms. The van der Waals surface area contributed by atoms with Gasteiger partial charge in [-0.2, -0.15) is 8.42 Å². The minimum Gasteiger partial charge on any atom is -0.353 e. The molecule has 4 nitrogen and oxygen atoms in total. The third kappa shape index (κ3) is 2.87. The van der Waals surface area contributed by atoms with Crippen molar-refractivity contribution in [2.75, 3.05) is 13.6 Å². The summed E-state index contributed by atoms with van der Waals surface area (Å²) in [6.07, 6.45) is 0. The molecule has 1 aliphatic heterocycles. The van der Waals surface area contributed by atoms with Gasteiger partial charge >= 0.3 is 0 Å². The number of sulfonamides is 1. The lowest BCUT2D eigenvalue weighted by Gasteiger charge is -2.09. The summed E-state index contributed by atoms with van der Waals surface area (Å²) >= 11 is 1.50. The van der Waals surface area contributed by atoms with E-state index in [0.29, 0.717) is 10.4 Å². The van der Waals surface area contributed by atoms with Crippen LogP contribution in [0.5, 0.6) is 0 Å². The van der Waals surface area contributed by atoms with E-state index in [1.807, 2.05) is 18.9 Å². The predicted octanol–water partition coefficient (Wildman–Crippen LogP) is 2.11. The Morgan fingerprint density at radius 2 is 1.94 bits per heavy atom. The van der Waals surface area contributed by atoms with E-state index in [1.165, 1.54) is 11.8 Å². The molecule has 6 heteroatoms. The number of hydrogen-bond donors (Lipinski definition) is 0. The van der Waals surface area contributed by atoms with Crippen molar-refractivity contribution < 1.29 is 8.42 Å². The summed E-state index contributed by atoms with van der Waals surface area (Å²) in [5.41, 5.74) is 1.03. The Morgan fingerprint density at radius 3 is 2.44 bits per heavy atom. The predicted molar refractivity (Wildman–Crippen MR) is 75.5 cm³/mol. The van der Waals surface area contributed by atoms with Crippen LogP contribution in [0.1, 0.15) is 12.5 Å². The Bertz CT molecular complexity index is 564. The van der Waals surface area contributed by atoms with E-state index < -0.39 is 10.0 Å². The van der Waals surface area contributed by atoms with Gasteiger partial charge in [-0.15, -0.1) is 4.40 Å². The van der Waals surface area contributed by atoms with E-state index in [9.17, 15) is 8.42 Å². The van der Waals surface area contributed by atoms with Gasteiger partial charge in [0.1, 0.15) is 0 Å². The third-order valence-electron chi connectivity index (χ3n) is 2.68. The van der Waals surface area contributed by atoms with E-state index in [2.05, 4.69) is 11.3 Å². The zero-order chi connectivity index (χ0) is 13.3. The summed E-state index contributed by atoms with van der Waals surface area (Å²) in [5.74, 6) is 0. The zero-order valence-corrected chi connectivity index (χ0v) is 12.3. The Kier molecular flexibility index (Phi) is 3.68. The number of thioether (sulfide) groups is 1. The van der Waals surface area contributed by atoms with Gasteiger partial charge in [0.15, 0.2) is 5.17 Å². The quantitative estimate of drug-likeness (QED) is 0.834. The van der Waals surface area contributed by atoms with Crippen molar-refractivity contribution in [2.24, 2.45) is 4.40 Å². The van der Waals surface area contributed by atoms with Gasteiger partial charge in [-0.3, -0.25) is 0 Å². The van der Waals surface area contributed by atoms with E-state index >= 15 is 0 Å². The van der Waals surface area contributed by atoms with Crippen molar-refractivity contribution >= 4 is 27.0 Å². The molecule has 0 bridgehead atoms. The maximum atomic E-state index is 12.1. The molecule has 0 N–H and O–H groups in total. The summed E-state index contributed by atoms with van der Waals surface area (Å²) in [4.78, 5) is 2.12. The highest BCUT2D eigenvalue weighted by Gasteiger charge is 2.25. The molecule has 1 aliphatic rings. The van der Waals surface area contributed by atoms with Gasteiger partial charge in [-0.05, 0) is 19.1 Å². The molecule has 98 valence electrons. The minimum atomic E-state index is -3.59. The number of benzene rings is 1. The zero-order valence-electron chi connectivity index (χ0n) is 10.6. The van der Waals surface area contributed by atoms with Crippen LogP contribution < -0.4 is 0 Å². The van der Waals surface area contributed by atoms with Gasteiger partial charge in [0.25, 0.3) is 10.0 Å². The molecule has 1 fully saturated rings. The second-order valence-electron chi connectivity index (χ2n) is 4.47. The van der Waals surface area contributed by atoms with Crippen molar-refractivity contribution in [3.8, 4) is 0 Å². The van der Waals surface area contributed by atoms with Crippen molar-refractivity contribution in [1.82, 2.24) is 4.90 Å². The lowest BCUT2D eigenvalue weighted by atomic mass is 10.2. The number of hydrogen-bond acceptors (Lipinski definition) is 3. The number of aryl methyl sites for hydroxylation is 1. The molecule has 1 saturated heterocycles. The third-order valence-corrected chi connectivity index (χ3v) is 5.24. The molecule has 0 amide bonds. The fourth-order valence-electron chi connectivity index (χ4n) is 1.73. The average Bonchev–Trinajstić information content (AvgIpc) is 2.57. The SMILES string of the molecule is Cc1ccc(S(=O)(=O)N=C2S[C@H](C)CN2C)cc1. The molecule has 18 heavy (non-hydrogen) atoms. The first-order valence-corrected chi connectivity index (χ1v) is 8.00. The average molecular weight is 284 g/mol. The van der Waals surface area contributed by atoms with Crippen molar-refractivity contribution in [2.45, 2.75) is 24.0 Å². The molecule has 1 heterocycles. The molecular weight excluding hydrogens is 268 g/mol. The number of nitrogens with zero attached hydrogens (tertiary/aromatic N) is 2. The second kappa shape index (κ2) is 4.93. The lowest BCUT2D eigenvalue weighted by Crippen LogP contribution is -2.20. The van der Waals surface area contributed by atoms with Gasteiger partial charge in [-0.1, -0.05) is 36.4 Å². The van der Waals surface area contributed by atoms with Gasteiger partial charge in [0.2, 0.25) is 0 Å². The molecule has 1 atom stereocenters. The smallest absolute Gasteiger partial charge is 0.284 e. The molecule has 0 aliphatic carbocycles. The Hall–Kier alpha value is -1.01. The Morgan fingerprint density at radius 1 is 1.33 bits per heavy atom. The van der Waals surface area contributed by atoms with Gasteiger partial charge in [0.05, 0.1) is 4.90 Å². The van der Waals surface area contributed by atoms with Gasteiger partial charge < -0.3 is 4.90 Å². The topological polar surface area (TPSA) is 49.7 Å². The van der Waals surface area contributed by atoms with E-state index in [0.717, 1.165) is 12.1 Å². The van der Waals surface area contributed by atoms with Crippen LogP contribution in [-0.4, -0.2) is 37.3 Å². The molecule has 0 saturated carbocycles. The monoisotopic (exact) mass is 284 g/mol. The fourth-order valence-corrected chi connectivity index (χ4v) is 4.04. The van der Waals surface area contributed by atoms with Gasteiger partial charge in [0, 0.05) is 18.8 Å². The first kappa shape index (κ1) is 13.4. The largest absolute Gasteiger partial charge is 0.353 e. The Balaban J connectivity index is 2.33. The first-order valence-electron chi connectivity index (χ1n) is 5.68. The molecule has 1 aromatic carbocycles. The molecule has 0 aromatic heterocycles. The summed E-state index contributed by atoms with van der Waals surface area (Å²) < 4.78 is 28.2. The molecule has 0 radical (unpaired) electrons. The van der Waals surface area contributed by atoms with Crippen LogP contribution in [0.3, 0.4) is 0 Å². The van der Waals surface area contributed by atoms with Crippen molar-refractivity contribution in [1.29, 1.82) is 0 Å². The van der Waals surface area contributed by atoms with Crippen LogP contribution >= 0.6 is 11.8 Å². The highest BCUT2D eigenvalue weighted by Crippen LogP contribution is 2.26. The summed E-state index contributed by atoms with van der Waals surface area (Å²) in [6, 6.07) is 6.75. The van der Waals surface area contributed by atoms with E-state index in [4.69, 9.17) is 0 Å². The maximum absolute atomic E-state index is 12.1. The number of rotatable bonds is 2. The molecular formula is C12H16N2O2S2. The second-order valence-corrected chi connectivity index (χ2v) is 7.48. The number of amidine groups is 1. The molecule has 1 aromatic rings. The maximum Gasteiger partial charge on any atom is 0.284 e. The normalized spacial score (nSPS) is 22.7. The summed E-state index contributed by atoms with van der Waals surface area (Å²) in [6.45, 7) is 4.81. The van der Waals surface area contributed by atoms with Crippen molar-refractivity contribution in [3.05, 3.63) is 29.8 Å². The van der Waals surface area contributed by atoms with Crippen LogP contribution in [0.25, 0.3) is 0 Å². The summed E-state index contributed by atoms with van der Waals surface area (Å²) in [5, 5.41) is 0.949. The Labute approximate surface area is 112 Å². The van der Waals surface area contributed by atoms with E-state index in [1.54, 1.807) is 24.3 Å². The van der Waals surface area contributed by atoms with Crippen LogP contribution in [0.4, 0.5) is 0 Å². The lowest BCUT2D eigenvalue weighted by molar-refractivity contribution is 0.532. The first-order chi connectivity index (χ1) is 8.38. The standard InChI is InChI=1S/C12H16N2O2S2/c1-9-4-6-11(7-5-9)18(15,16)13-12-14(3)8-10(2)17-12/h4-7,10H,8H2,1-3H3/t10-/m1/s1. The van der Waals surface area contributed by atoms with Crippen LogP contribution in [0, 0.1) is 6.92 Å².